The molecule has 0 saturated carbocycles. The van der Waals surface area contributed by atoms with Crippen molar-refractivity contribution >= 4 is 11.8 Å². The highest BCUT2D eigenvalue weighted by molar-refractivity contribution is 7.99. The lowest BCUT2D eigenvalue weighted by Gasteiger charge is -2.25. The van der Waals surface area contributed by atoms with Crippen LogP contribution in [0.1, 0.15) is 19.3 Å². The summed E-state index contributed by atoms with van der Waals surface area (Å²) in [6, 6.07) is 10.3. The first-order valence-corrected chi connectivity index (χ1v) is 8.22. The molecule has 2 heterocycles. The maximum atomic E-state index is 4.23. The van der Waals surface area contributed by atoms with Crippen LogP contribution < -0.4 is 0 Å². The van der Waals surface area contributed by atoms with Crippen molar-refractivity contribution in [3.05, 3.63) is 36.7 Å². The van der Waals surface area contributed by atoms with E-state index in [-0.39, 0.29) is 0 Å². The molecule has 0 aliphatic carbocycles. The third kappa shape index (κ3) is 3.41. The van der Waals surface area contributed by atoms with Crippen LogP contribution in [0.15, 0.2) is 41.8 Å². The minimum absolute atomic E-state index is 0.980. The molecule has 2 aromatic rings. The molecule has 0 atom stereocenters. The van der Waals surface area contributed by atoms with E-state index in [9.17, 15) is 0 Å². The Morgan fingerprint density at radius 2 is 1.85 bits per heavy atom. The lowest BCUT2D eigenvalue weighted by Crippen LogP contribution is -2.31. The Balaban J connectivity index is 1.57. The average molecular weight is 288 g/mol. The fraction of sp³-hybridized carbons (Fsp3) is 0.467. The van der Waals surface area contributed by atoms with Crippen LogP contribution in [-0.4, -0.2) is 45.1 Å². The standard InChI is InChI=1S/C15H20N4S/c1-3-7-14(8-4-1)19-13-16-17-15(19)20-12-11-18-9-5-2-6-10-18/h1,3-4,7-8,13H,2,5-6,9-12H2. The molecule has 0 amide bonds. The van der Waals surface area contributed by atoms with Crippen LogP contribution in [0, 0.1) is 0 Å². The van der Waals surface area contributed by atoms with Gasteiger partial charge in [0.15, 0.2) is 5.16 Å². The zero-order valence-corrected chi connectivity index (χ0v) is 12.4. The van der Waals surface area contributed by atoms with E-state index in [2.05, 4.69) is 31.8 Å². The van der Waals surface area contributed by atoms with Gasteiger partial charge in [0.2, 0.25) is 0 Å². The number of piperidine rings is 1. The number of para-hydroxylation sites is 1. The number of likely N-dealkylation sites (tertiary alicyclic amines) is 1. The summed E-state index contributed by atoms with van der Waals surface area (Å²) in [6.45, 7) is 3.66. The fourth-order valence-electron chi connectivity index (χ4n) is 2.54. The highest BCUT2D eigenvalue weighted by atomic mass is 32.2. The molecule has 1 aromatic heterocycles. The second-order valence-corrected chi connectivity index (χ2v) is 6.13. The van der Waals surface area contributed by atoms with E-state index in [4.69, 9.17) is 0 Å². The Hall–Kier alpha value is -1.33. The quantitative estimate of drug-likeness (QED) is 0.792. The topological polar surface area (TPSA) is 34.0 Å². The van der Waals surface area contributed by atoms with Crippen molar-refractivity contribution in [3.8, 4) is 5.69 Å². The van der Waals surface area contributed by atoms with Crippen LogP contribution in [0.25, 0.3) is 5.69 Å². The largest absolute Gasteiger partial charge is 0.303 e. The molecule has 1 aromatic carbocycles. The molecule has 0 unspecified atom stereocenters. The van der Waals surface area contributed by atoms with Crippen molar-refractivity contribution in [1.29, 1.82) is 0 Å². The van der Waals surface area contributed by atoms with Gasteiger partial charge in [0.1, 0.15) is 6.33 Å². The molecule has 0 N–H and O–H groups in total. The summed E-state index contributed by atoms with van der Waals surface area (Å²) in [7, 11) is 0. The predicted molar refractivity (Wildman–Crippen MR) is 82.4 cm³/mol. The Kier molecular flexibility index (Phi) is 4.71. The number of rotatable bonds is 5. The molecular formula is C15H20N4S. The van der Waals surface area contributed by atoms with Gasteiger partial charge in [-0.15, -0.1) is 10.2 Å². The minimum Gasteiger partial charge on any atom is -0.303 e. The van der Waals surface area contributed by atoms with Crippen LogP contribution in [0.2, 0.25) is 0 Å². The van der Waals surface area contributed by atoms with Gasteiger partial charge in [-0.05, 0) is 38.1 Å². The molecule has 0 bridgehead atoms. The summed E-state index contributed by atoms with van der Waals surface area (Å²) in [4.78, 5) is 2.56. The molecule has 1 aliphatic rings. The Labute approximate surface area is 124 Å². The van der Waals surface area contributed by atoms with E-state index in [1.807, 2.05) is 18.2 Å². The lowest BCUT2D eigenvalue weighted by atomic mass is 10.1. The zero-order valence-electron chi connectivity index (χ0n) is 11.6. The summed E-state index contributed by atoms with van der Waals surface area (Å²) in [6.07, 6.45) is 5.89. The van der Waals surface area contributed by atoms with Gasteiger partial charge in [0.25, 0.3) is 0 Å². The molecule has 106 valence electrons. The van der Waals surface area contributed by atoms with Crippen LogP contribution in [0.3, 0.4) is 0 Å². The highest BCUT2D eigenvalue weighted by Crippen LogP contribution is 2.19. The van der Waals surface area contributed by atoms with E-state index < -0.39 is 0 Å². The minimum atomic E-state index is 0.980. The molecule has 3 rings (SSSR count). The maximum absolute atomic E-state index is 4.23. The van der Waals surface area contributed by atoms with Gasteiger partial charge in [-0.1, -0.05) is 36.4 Å². The molecule has 20 heavy (non-hydrogen) atoms. The first kappa shape index (κ1) is 13.6. The van der Waals surface area contributed by atoms with Crippen LogP contribution in [0.5, 0.6) is 0 Å². The van der Waals surface area contributed by atoms with Gasteiger partial charge in [0.05, 0.1) is 0 Å². The van der Waals surface area contributed by atoms with Crippen LogP contribution in [0.4, 0.5) is 0 Å². The number of thioether (sulfide) groups is 1. The maximum Gasteiger partial charge on any atom is 0.195 e. The van der Waals surface area contributed by atoms with Crippen molar-refractivity contribution in [2.24, 2.45) is 0 Å². The number of hydrogen-bond donors (Lipinski definition) is 0. The predicted octanol–water partition coefficient (Wildman–Crippen LogP) is 2.85. The Bertz CT molecular complexity index is 520. The number of benzene rings is 1. The van der Waals surface area contributed by atoms with E-state index in [1.54, 1.807) is 18.1 Å². The summed E-state index contributed by atoms with van der Waals surface area (Å²) in [5, 5.41) is 9.25. The number of nitrogens with zero attached hydrogens (tertiary/aromatic N) is 4. The summed E-state index contributed by atoms with van der Waals surface area (Å²) in [5.41, 5.74) is 1.12. The lowest BCUT2D eigenvalue weighted by molar-refractivity contribution is 0.242. The van der Waals surface area contributed by atoms with Gasteiger partial charge in [-0.25, -0.2) is 0 Å². The third-order valence-corrected chi connectivity index (χ3v) is 4.56. The van der Waals surface area contributed by atoms with Crippen molar-refractivity contribution in [1.82, 2.24) is 19.7 Å². The molecule has 4 nitrogen and oxygen atoms in total. The SMILES string of the molecule is c1ccc(-n2cnnc2SCCN2CCCCC2)cc1. The van der Waals surface area contributed by atoms with Gasteiger partial charge in [0, 0.05) is 18.0 Å². The molecule has 0 spiro atoms. The van der Waals surface area contributed by atoms with Gasteiger partial charge in [-0.3, -0.25) is 4.57 Å². The number of hydrogen-bond acceptors (Lipinski definition) is 4. The van der Waals surface area contributed by atoms with Crippen LogP contribution >= 0.6 is 11.8 Å². The monoisotopic (exact) mass is 288 g/mol. The molecule has 1 saturated heterocycles. The fourth-order valence-corrected chi connectivity index (χ4v) is 3.47. The van der Waals surface area contributed by atoms with E-state index in [0.717, 1.165) is 23.1 Å². The Morgan fingerprint density at radius 3 is 2.65 bits per heavy atom. The summed E-state index contributed by atoms with van der Waals surface area (Å²) < 4.78 is 2.06. The highest BCUT2D eigenvalue weighted by Gasteiger charge is 2.11. The second-order valence-electron chi connectivity index (χ2n) is 5.07. The second kappa shape index (κ2) is 6.90. The van der Waals surface area contributed by atoms with Crippen LogP contribution in [-0.2, 0) is 0 Å². The number of aromatic nitrogens is 3. The first-order valence-electron chi connectivity index (χ1n) is 7.24. The van der Waals surface area contributed by atoms with E-state index >= 15 is 0 Å². The van der Waals surface area contributed by atoms with Gasteiger partial charge >= 0.3 is 0 Å². The smallest absolute Gasteiger partial charge is 0.195 e. The Morgan fingerprint density at radius 1 is 1.05 bits per heavy atom. The molecule has 0 radical (unpaired) electrons. The average Bonchev–Trinajstić information content (AvgIpc) is 2.98. The molecule has 1 fully saturated rings. The van der Waals surface area contributed by atoms with Crippen molar-refractivity contribution in [3.63, 3.8) is 0 Å². The van der Waals surface area contributed by atoms with Crippen molar-refractivity contribution in [2.75, 3.05) is 25.4 Å². The summed E-state index contributed by atoms with van der Waals surface area (Å²) in [5.74, 6) is 1.07. The van der Waals surface area contributed by atoms with Crippen molar-refractivity contribution in [2.45, 2.75) is 24.4 Å². The van der Waals surface area contributed by atoms with E-state index in [1.165, 1.54) is 32.4 Å². The van der Waals surface area contributed by atoms with E-state index in [0.29, 0.717) is 0 Å². The van der Waals surface area contributed by atoms with Crippen molar-refractivity contribution < 1.29 is 0 Å². The third-order valence-electron chi connectivity index (χ3n) is 3.64. The zero-order chi connectivity index (χ0) is 13.6. The summed E-state index contributed by atoms with van der Waals surface area (Å²) >= 11 is 1.79. The van der Waals surface area contributed by atoms with Gasteiger partial charge < -0.3 is 4.90 Å². The molecule has 5 heteroatoms. The molecule has 1 aliphatic heterocycles. The van der Waals surface area contributed by atoms with Gasteiger partial charge in [-0.2, -0.15) is 0 Å². The molecular weight excluding hydrogens is 268 g/mol. The normalized spacial score (nSPS) is 16.4. The first-order chi connectivity index (χ1) is 9.93.